The number of halogens is 1. The maximum Gasteiger partial charge on any atom is 0.137 e. The van der Waals surface area contributed by atoms with Gasteiger partial charge in [0.2, 0.25) is 0 Å². The summed E-state index contributed by atoms with van der Waals surface area (Å²) in [7, 11) is 0. The molecule has 1 aliphatic rings. The number of phenols is 1. The van der Waals surface area contributed by atoms with Crippen molar-refractivity contribution in [3.05, 3.63) is 27.8 Å². The van der Waals surface area contributed by atoms with Crippen LogP contribution in [0.25, 0.3) is 0 Å². The molecule has 0 spiro atoms. The molecule has 1 aromatic rings. The minimum absolute atomic E-state index is 0.266. The number of fused-ring (bicyclic) bond motifs is 1. The molecule has 0 bridgehead atoms. The fourth-order valence-electron chi connectivity index (χ4n) is 2.06. The van der Waals surface area contributed by atoms with Crippen molar-refractivity contribution in [2.45, 2.75) is 32.6 Å². The average molecular weight is 197 g/mol. The molecule has 2 rings (SSSR count). The molecule has 0 amide bonds. The minimum Gasteiger partial charge on any atom is -0.506 e. The van der Waals surface area contributed by atoms with Gasteiger partial charge in [0.05, 0.1) is 5.02 Å². The van der Waals surface area contributed by atoms with Crippen LogP contribution in [0.4, 0.5) is 0 Å². The van der Waals surface area contributed by atoms with E-state index in [2.05, 4.69) is 0 Å². The second kappa shape index (κ2) is 3.22. The molecule has 1 aromatic carbocycles. The summed E-state index contributed by atoms with van der Waals surface area (Å²) in [5.74, 6) is 0.266. The van der Waals surface area contributed by atoms with E-state index in [4.69, 9.17) is 11.6 Å². The van der Waals surface area contributed by atoms with Crippen LogP contribution in [0.15, 0.2) is 6.07 Å². The van der Waals surface area contributed by atoms with E-state index in [0.717, 1.165) is 18.4 Å². The van der Waals surface area contributed by atoms with Gasteiger partial charge in [-0.1, -0.05) is 11.6 Å². The van der Waals surface area contributed by atoms with Crippen LogP contribution in [0, 0.1) is 6.92 Å². The van der Waals surface area contributed by atoms with Gasteiger partial charge >= 0.3 is 0 Å². The zero-order valence-corrected chi connectivity index (χ0v) is 8.49. The minimum atomic E-state index is 0.266. The van der Waals surface area contributed by atoms with E-state index in [1.807, 2.05) is 13.0 Å². The first kappa shape index (κ1) is 8.89. The highest BCUT2D eigenvalue weighted by molar-refractivity contribution is 6.32. The predicted octanol–water partition coefficient (Wildman–Crippen LogP) is 3.23. The van der Waals surface area contributed by atoms with E-state index in [1.54, 1.807) is 0 Å². The smallest absolute Gasteiger partial charge is 0.137 e. The number of aryl methyl sites for hydroxylation is 1. The van der Waals surface area contributed by atoms with E-state index in [-0.39, 0.29) is 5.75 Å². The number of rotatable bonds is 0. The largest absolute Gasteiger partial charge is 0.506 e. The van der Waals surface area contributed by atoms with Crippen molar-refractivity contribution >= 4 is 11.6 Å². The Balaban J connectivity index is 2.60. The first-order valence-electron chi connectivity index (χ1n) is 4.70. The molecule has 13 heavy (non-hydrogen) atoms. The lowest BCUT2D eigenvalue weighted by Gasteiger charge is -2.19. The fourth-order valence-corrected chi connectivity index (χ4v) is 2.33. The van der Waals surface area contributed by atoms with Gasteiger partial charge < -0.3 is 5.11 Å². The lowest BCUT2D eigenvalue weighted by Crippen LogP contribution is -2.04. The van der Waals surface area contributed by atoms with E-state index in [1.165, 1.54) is 24.0 Å². The van der Waals surface area contributed by atoms with E-state index < -0.39 is 0 Å². The van der Waals surface area contributed by atoms with Crippen LogP contribution in [-0.2, 0) is 12.8 Å². The van der Waals surface area contributed by atoms with Gasteiger partial charge in [0.1, 0.15) is 5.75 Å². The number of aromatic hydroxyl groups is 1. The molecule has 70 valence electrons. The monoisotopic (exact) mass is 196 g/mol. The van der Waals surface area contributed by atoms with Gasteiger partial charge in [0, 0.05) is 0 Å². The van der Waals surface area contributed by atoms with E-state index in [0.29, 0.717) is 5.02 Å². The third-order valence-corrected chi connectivity index (χ3v) is 3.13. The topological polar surface area (TPSA) is 20.2 Å². The second-order valence-corrected chi connectivity index (χ2v) is 4.08. The van der Waals surface area contributed by atoms with Crippen LogP contribution in [0.3, 0.4) is 0 Å². The number of benzene rings is 1. The quantitative estimate of drug-likeness (QED) is 0.676. The molecule has 2 heteroatoms. The van der Waals surface area contributed by atoms with E-state index >= 15 is 0 Å². The van der Waals surface area contributed by atoms with Gasteiger partial charge in [-0.15, -0.1) is 0 Å². The average Bonchev–Trinajstić information content (AvgIpc) is 2.15. The molecule has 1 N–H and O–H groups in total. The lowest BCUT2D eigenvalue weighted by molar-refractivity contribution is 0.469. The summed E-state index contributed by atoms with van der Waals surface area (Å²) < 4.78 is 0. The van der Waals surface area contributed by atoms with Gasteiger partial charge in [0.15, 0.2) is 0 Å². The van der Waals surface area contributed by atoms with Gasteiger partial charge in [0.25, 0.3) is 0 Å². The molecular formula is C11H13ClO. The summed E-state index contributed by atoms with van der Waals surface area (Å²) in [6.07, 6.45) is 4.67. The number of hydrogen-bond acceptors (Lipinski definition) is 1. The summed E-state index contributed by atoms with van der Waals surface area (Å²) in [6, 6.07) is 1.92. The van der Waals surface area contributed by atoms with Crippen LogP contribution in [0.5, 0.6) is 5.75 Å². The number of hydrogen-bond donors (Lipinski definition) is 1. The fraction of sp³-hybridized carbons (Fsp3) is 0.455. The molecular weight excluding hydrogens is 184 g/mol. The second-order valence-electron chi connectivity index (χ2n) is 3.68. The summed E-state index contributed by atoms with van der Waals surface area (Å²) >= 11 is 5.90. The summed E-state index contributed by atoms with van der Waals surface area (Å²) in [4.78, 5) is 0. The third-order valence-electron chi connectivity index (χ3n) is 2.85. The Morgan fingerprint density at radius 3 is 2.77 bits per heavy atom. The van der Waals surface area contributed by atoms with Crippen molar-refractivity contribution in [1.82, 2.24) is 0 Å². The van der Waals surface area contributed by atoms with E-state index in [9.17, 15) is 5.11 Å². The summed E-state index contributed by atoms with van der Waals surface area (Å²) in [5.41, 5.74) is 3.61. The molecule has 0 heterocycles. The number of phenolic OH excluding ortho intramolecular Hbond substituents is 1. The first-order chi connectivity index (χ1) is 6.20. The summed E-state index contributed by atoms with van der Waals surface area (Å²) in [6.45, 7) is 1.95. The predicted molar refractivity (Wildman–Crippen MR) is 54.5 cm³/mol. The van der Waals surface area contributed by atoms with Crippen LogP contribution in [0.1, 0.15) is 29.5 Å². The van der Waals surface area contributed by atoms with Crippen molar-refractivity contribution in [2.75, 3.05) is 0 Å². The third kappa shape index (κ3) is 1.42. The molecule has 0 radical (unpaired) electrons. The van der Waals surface area contributed by atoms with Crippen molar-refractivity contribution in [3.8, 4) is 5.75 Å². The van der Waals surface area contributed by atoms with Crippen molar-refractivity contribution in [2.24, 2.45) is 0 Å². The lowest BCUT2D eigenvalue weighted by atomic mass is 9.88. The van der Waals surface area contributed by atoms with Crippen LogP contribution < -0.4 is 0 Å². The zero-order chi connectivity index (χ0) is 9.42. The molecule has 0 saturated heterocycles. The normalized spacial score (nSPS) is 15.5. The molecule has 0 aromatic heterocycles. The Morgan fingerprint density at radius 1 is 1.31 bits per heavy atom. The Hall–Kier alpha value is -0.690. The van der Waals surface area contributed by atoms with Crippen LogP contribution >= 0.6 is 11.6 Å². The first-order valence-corrected chi connectivity index (χ1v) is 5.08. The van der Waals surface area contributed by atoms with Gasteiger partial charge in [-0.2, -0.15) is 0 Å². The highest BCUT2D eigenvalue weighted by Crippen LogP contribution is 2.35. The molecule has 0 atom stereocenters. The highest BCUT2D eigenvalue weighted by atomic mass is 35.5. The molecule has 0 saturated carbocycles. The van der Waals surface area contributed by atoms with Gasteiger partial charge in [-0.3, -0.25) is 0 Å². The molecule has 0 aliphatic heterocycles. The van der Waals surface area contributed by atoms with Crippen molar-refractivity contribution < 1.29 is 5.11 Å². The maximum atomic E-state index is 9.63. The molecule has 0 unspecified atom stereocenters. The molecule has 1 aliphatic carbocycles. The SMILES string of the molecule is Cc1c(O)c(Cl)cc2c1CCCC2. The highest BCUT2D eigenvalue weighted by Gasteiger charge is 2.16. The molecule has 0 fully saturated rings. The van der Waals surface area contributed by atoms with Gasteiger partial charge in [-0.25, -0.2) is 0 Å². The van der Waals surface area contributed by atoms with Crippen molar-refractivity contribution in [1.29, 1.82) is 0 Å². The Morgan fingerprint density at radius 2 is 2.00 bits per heavy atom. The standard InChI is InChI=1S/C11H13ClO/c1-7-9-5-3-2-4-8(9)6-10(12)11(7)13/h6,13H,2-5H2,1H3. The Kier molecular flexibility index (Phi) is 2.20. The Bertz CT molecular complexity index is 344. The summed E-state index contributed by atoms with van der Waals surface area (Å²) in [5, 5.41) is 10.1. The molecule has 1 nitrogen and oxygen atoms in total. The zero-order valence-electron chi connectivity index (χ0n) is 7.73. The van der Waals surface area contributed by atoms with Crippen molar-refractivity contribution in [3.63, 3.8) is 0 Å². The maximum absolute atomic E-state index is 9.63. The van der Waals surface area contributed by atoms with Crippen LogP contribution in [-0.4, -0.2) is 5.11 Å². The van der Waals surface area contributed by atoms with Gasteiger partial charge in [-0.05, 0) is 55.4 Å². The van der Waals surface area contributed by atoms with Crippen LogP contribution in [0.2, 0.25) is 5.02 Å². The Labute approximate surface area is 83.3 Å².